The molecule has 0 fully saturated rings. The van der Waals surface area contributed by atoms with Gasteiger partial charge < -0.3 is 21.1 Å². The molecule has 0 bridgehead atoms. The van der Waals surface area contributed by atoms with Gasteiger partial charge in [-0.3, -0.25) is 0 Å². The summed E-state index contributed by atoms with van der Waals surface area (Å²) >= 11 is 0. The van der Waals surface area contributed by atoms with E-state index in [0.717, 1.165) is 0 Å². The zero-order valence-electron chi connectivity index (χ0n) is 7.14. The predicted molar refractivity (Wildman–Crippen MR) is 48.0 cm³/mol. The number of benzene rings is 1. The van der Waals surface area contributed by atoms with E-state index in [-0.39, 0.29) is 19.0 Å². The molecule has 1 atom stereocenters. The van der Waals surface area contributed by atoms with Gasteiger partial charge in [-0.25, -0.2) is 0 Å². The van der Waals surface area contributed by atoms with Gasteiger partial charge in [0.2, 0.25) is 0 Å². The van der Waals surface area contributed by atoms with Crippen LogP contribution in [-0.4, -0.2) is 21.9 Å². The van der Waals surface area contributed by atoms with E-state index in [1.54, 1.807) is 12.1 Å². The van der Waals surface area contributed by atoms with Crippen molar-refractivity contribution in [1.29, 1.82) is 0 Å². The number of aliphatic hydroxyl groups excluding tert-OH is 2. The molecule has 0 aliphatic rings. The first-order valence-electron chi connectivity index (χ1n) is 3.98. The van der Waals surface area contributed by atoms with Crippen molar-refractivity contribution in [2.24, 2.45) is 5.73 Å². The summed E-state index contributed by atoms with van der Waals surface area (Å²) in [5.74, 6) is 0.00750. The lowest BCUT2D eigenvalue weighted by Gasteiger charge is -2.14. The average Bonchev–Trinajstić information content (AvgIpc) is 2.16. The molecule has 1 aromatic rings. The molecule has 0 unspecified atom stereocenters. The van der Waals surface area contributed by atoms with Crippen molar-refractivity contribution in [2.75, 3.05) is 6.61 Å². The summed E-state index contributed by atoms with van der Waals surface area (Å²) in [6.07, 6.45) is 0. The molecule has 1 rings (SSSR count). The van der Waals surface area contributed by atoms with Gasteiger partial charge in [-0.1, -0.05) is 12.1 Å². The molecule has 0 spiro atoms. The second-order valence-electron chi connectivity index (χ2n) is 2.80. The van der Waals surface area contributed by atoms with Crippen molar-refractivity contribution in [1.82, 2.24) is 0 Å². The number of phenols is 1. The zero-order valence-corrected chi connectivity index (χ0v) is 7.14. The quantitative estimate of drug-likeness (QED) is 0.526. The minimum atomic E-state index is -0.650. The molecule has 0 amide bonds. The number of aliphatic hydroxyl groups is 2. The Bertz CT molecular complexity index is 288. The molecule has 1 aromatic carbocycles. The van der Waals surface area contributed by atoms with Crippen LogP contribution in [0.4, 0.5) is 0 Å². The van der Waals surface area contributed by atoms with Crippen LogP contribution in [0.5, 0.6) is 5.75 Å². The van der Waals surface area contributed by atoms with E-state index in [2.05, 4.69) is 0 Å². The van der Waals surface area contributed by atoms with Crippen molar-refractivity contribution >= 4 is 0 Å². The minimum absolute atomic E-state index is 0.00750. The van der Waals surface area contributed by atoms with Crippen LogP contribution in [0, 0.1) is 0 Å². The molecular formula is C9H13NO3. The Kier molecular flexibility index (Phi) is 3.25. The van der Waals surface area contributed by atoms with Crippen molar-refractivity contribution in [3.8, 4) is 5.75 Å². The Balaban J connectivity index is 3.14. The predicted octanol–water partition coefficient (Wildman–Crippen LogP) is -0.123. The Morgan fingerprint density at radius 1 is 1.31 bits per heavy atom. The molecule has 0 radical (unpaired) electrons. The van der Waals surface area contributed by atoms with E-state index in [1.807, 2.05) is 0 Å². The van der Waals surface area contributed by atoms with Crippen LogP contribution in [0.3, 0.4) is 0 Å². The fourth-order valence-electron chi connectivity index (χ4n) is 1.26. The average molecular weight is 183 g/mol. The summed E-state index contributed by atoms with van der Waals surface area (Å²) in [4.78, 5) is 0. The largest absolute Gasteiger partial charge is 0.508 e. The van der Waals surface area contributed by atoms with Crippen LogP contribution < -0.4 is 5.73 Å². The van der Waals surface area contributed by atoms with Gasteiger partial charge in [0, 0.05) is 5.56 Å². The molecule has 5 N–H and O–H groups in total. The van der Waals surface area contributed by atoms with Gasteiger partial charge in [0.1, 0.15) is 5.75 Å². The van der Waals surface area contributed by atoms with Crippen LogP contribution in [0.15, 0.2) is 18.2 Å². The third-order valence-electron chi connectivity index (χ3n) is 1.91. The van der Waals surface area contributed by atoms with Gasteiger partial charge in [-0.15, -0.1) is 0 Å². The minimum Gasteiger partial charge on any atom is -0.508 e. The Labute approximate surface area is 76.2 Å². The highest BCUT2D eigenvalue weighted by atomic mass is 16.3. The maximum Gasteiger partial charge on any atom is 0.120 e. The van der Waals surface area contributed by atoms with E-state index in [9.17, 15) is 5.11 Å². The summed E-state index contributed by atoms with van der Waals surface area (Å²) in [5, 5.41) is 27.2. The lowest BCUT2D eigenvalue weighted by atomic mass is 10.0. The van der Waals surface area contributed by atoms with E-state index in [4.69, 9.17) is 15.9 Å². The van der Waals surface area contributed by atoms with E-state index in [0.29, 0.717) is 11.1 Å². The van der Waals surface area contributed by atoms with Crippen LogP contribution in [-0.2, 0) is 6.61 Å². The zero-order chi connectivity index (χ0) is 9.84. The SMILES string of the molecule is N[C@H](CO)c1c(O)cccc1CO. The number of hydrogen-bond acceptors (Lipinski definition) is 4. The number of rotatable bonds is 3. The molecule has 0 aromatic heterocycles. The maximum absolute atomic E-state index is 9.42. The molecule has 4 heteroatoms. The molecule has 0 aliphatic carbocycles. The van der Waals surface area contributed by atoms with Crippen LogP contribution in [0.2, 0.25) is 0 Å². The standard InChI is InChI=1S/C9H13NO3/c10-7(5-12)9-6(4-11)2-1-3-8(9)13/h1-3,7,11-13H,4-5,10H2/t7-/m1/s1. The van der Waals surface area contributed by atoms with Crippen LogP contribution >= 0.6 is 0 Å². The second kappa shape index (κ2) is 4.23. The fraction of sp³-hybridized carbons (Fsp3) is 0.333. The van der Waals surface area contributed by atoms with Crippen molar-refractivity contribution in [3.63, 3.8) is 0 Å². The summed E-state index contributed by atoms with van der Waals surface area (Å²) in [7, 11) is 0. The Hall–Kier alpha value is -1.10. The highest BCUT2D eigenvalue weighted by molar-refractivity contribution is 5.41. The first-order chi connectivity index (χ1) is 6.20. The van der Waals surface area contributed by atoms with Gasteiger partial charge in [0.25, 0.3) is 0 Å². The lowest BCUT2D eigenvalue weighted by Crippen LogP contribution is -2.16. The highest BCUT2D eigenvalue weighted by Crippen LogP contribution is 2.26. The molecule has 0 aliphatic heterocycles. The molecule has 13 heavy (non-hydrogen) atoms. The topological polar surface area (TPSA) is 86.7 Å². The summed E-state index contributed by atoms with van der Waals surface area (Å²) in [5.41, 5.74) is 6.50. The monoisotopic (exact) mass is 183 g/mol. The molecule has 0 heterocycles. The number of nitrogens with two attached hydrogens (primary N) is 1. The van der Waals surface area contributed by atoms with Crippen molar-refractivity contribution in [3.05, 3.63) is 29.3 Å². The van der Waals surface area contributed by atoms with Crippen LogP contribution in [0.25, 0.3) is 0 Å². The van der Waals surface area contributed by atoms with Gasteiger partial charge >= 0.3 is 0 Å². The molecular weight excluding hydrogens is 170 g/mol. The van der Waals surface area contributed by atoms with Crippen LogP contribution in [0.1, 0.15) is 17.2 Å². The molecule has 4 nitrogen and oxygen atoms in total. The summed E-state index contributed by atoms with van der Waals surface area (Å²) < 4.78 is 0. The second-order valence-corrected chi connectivity index (χ2v) is 2.80. The number of aromatic hydroxyl groups is 1. The first kappa shape index (κ1) is 9.98. The van der Waals surface area contributed by atoms with E-state index < -0.39 is 6.04 Å². The highest BCUT2D eigenvalue weighted by Gasteiger charge is 2.13. The summed E-state index contributed by atoms with van der Waals surface area (Å²) in [6, 6.07) is 4.10. The summed E-state index contributed by atoms with van der Waals surface area (Å²) in [6.45, 7) is -0.456. The van der Waals surface area contributed by atoms with Gasteiger partial charge in [-0.05, 0) is 11.6 Å². The lowest BCUT2D eigenvalue weighted by molar-refractivity contribution is 0.255. The number of phenolic OH excluding ortho intramolecular Hbond substituents is 1. The molecule has 72 valence electrons. The third kappa shape index (κ3) is 1.98. The van der Waals surface area contributed by atoms with Gasteiger partial charge in [0.15, 0.2) is 0 Å². The smallest absolute Gasteiger partial charge is 0.120 e. The molecule has 0 saturated carbocycles. The number of hydrogen-bond donors (Lipinski definition) is 4. The van der Waals surface area contributed by atoms with E-state index >= 15 is 0 Å². The normalized spacial score (nSPS) is 12.8. The van der Waals surface area contributed by atoms with E-state index in [1.165, 1.54) is 6.07 Å². The van der Waals surface area contributed by atoms with Gasteiger partial charge in [-0.2, -0.15) is 0 Å². The Morgan fingerprint density at radius 3 is 2.54 bits per heavy atom. The van der Waals surface area contributed by atoms with Crippen molar-refractivity contribution in [2.45, 2.75) is 12.6 Å². The van der Waals surface area contributed by atoms with Crippen molar-refractivity contribution < 1.29 is 15.3 Å². The first-order valence-corrected chi connectivity index (χ1v) is 3.98. The third-order valence-corrected chi connectivity index (χ3v) is 1.91. The maximum atomic E-state index is 9.42. The molecule has 0 saturated heterocycles. The Morgan fingerprint density at radius 2 is 2.00 bits per heavy atom. The van der Waals surface area contributed by atoms with Gasteiger partial charge in [0.05, 0.1) is 19.3 Å². The fourth-order valence-corrected chi connectivity index (χ4v) is 1.26.